The fourth-order valence-electron chi connectivity index (χ4n) is 3.47. The molecule has 5 nitrogen and oxygen atoms in total. The summed E-state index contributed by atoms with van der Waals surface area (Å²) >= 11 is 0. The third kappa shape index (κ3) is 2.07. The third-order valence-electron chi connectivity index (χ3n) is 4.57. The van der Waals surface area contributed by atoms with Gasteiger partial charge in [0.15, 0.2) is 5.65 Å². The van der Waals surface area contributed by atoms with Crippen LogP contribution in [0, 0.1) is 6.92 Å². The maximum absolute atomic E-state index is 12.3. The van der Waals surface area contributed by atoms with Gasteiger partial charge in [-0.2, -0.15) is 0 Å². The number of nitrogens with zero attached hydrogens (tertiary/aromatic N) is 3. The number of carbonyl (C=O) groups excluding carboxylic acids is 1. The Morgan fingerprint density at radius 3 is 2.70 bits per heavy atom. The molecule has 0 N–H and O–H groups in total. The molecule has 4 rings (SSSR count). The number of pyridine rings is 1. The zero-order valence-electron chi connectivity index (χ0n) is 13.4. The van der Waals surface area contributed by atoms with E-state index < -0.39 is 0 Å². The standard InChI is InChI=1S/C18H19N3O2/c1-12-11-15(20-9-5-6-10-20)21-14-8-4-3-7-13(14)19-17(21)16(12)18(22)23-2/h3-4,7-8,11H,5-6,9-10H2,1-2H3. The van der Waals surface area contributed by atoms with Crippen LogP contribution < -0.4 is 4.90 Å². The molecule has 1 fully saturated rings. The molecule has 2 aromatic heterocycles. The van der Waals surface area contributed by atoms with Crippen LogP contribution in [0.3, 0.4) is 0 Å². The number of aryl methyl sites for hydroxylation is 1. The lowest BCUT2D eigenvalue weighted by Gasteiger charge is -2.21. The first kappa shape index (κ1) is 14.1. The molecule has 23 heavy (non-hydrogen) atoms. The number of ether oxygens (including phenoxy) is 1. The number of aromatic nitrogens is 2. The van der Waals surface area contributed by atoms with Crippen molar-refractivity contribution in [3.05, 3.63) is 41.5 Å². The summed E-state index contributed by atoms with van der Waals surface area (Å²) in [5.41, 5.74) is 4.05. The molecule has 0 radical (unpaired) electrons. The zero-order valence-corrected chi connectivity index (χ0v) is 13.4. The van der Waals surface area contributed by atoms with Crippen molar-refractivity contribution in [1.29, 1.82) is 0 Å². The lowest BCUT2D eigenvalue weighted by molar-refractivity contribution is 0.0601. The lowest BCUT2D eigenvalue weighted by atomic mass is 10.1. The molecule has 0 unspecified atom stereocenters. The van der Waals surface area contributed by atoms with Gasteiger partial charge in [-0.25, -0.2) is 9.78 Å². The van der Waals surface area contributed by atoms with Crippen molar-refractivity contribution in [3.63, 3.8) is 0 Å². The van der Waals surface area contributed by atoms with Crippen molar-refractivity contribution < 1.29 is 9.53 Å². The Morgan fingerprint density at radius 2 is 1.96 bits per heavy atom. The Labute approximate surface area is 134 Å². The van der Waals surface area contributed by atoms with Gasteiger partial charge in [0.05, 0.1) is 18.1 Å². The summed E-state index contributed by atoms with van der Waals surface area (Å²) in [6, 6.07) is 10.1. The number of para-hydroxylation sites is 2. The number of hydrogen-bond donors (Lipinski definition) is 0. The van der Waals surface area contributed by atoms with Gasteiger partial charge in [-0.1, -0.05) is 12.1 Å². The number of benzene rings is 1. The molecule has 1 aliphatic heterocycles. The van der Waals surface area contributed by atoms with Crippen molar-refractivity contribution in [3.8, 4) is 0 Å². The summed E-state index contributed by atoms with van der Waals surface area (Å²) in [4.78, 5) is 19.4. The molecule has 3 heterocycles. The smallest absolute Gasteiger partial charge is 0.341 e. The van der Waals surface area contributed by atoms with Gasteiger partial charge in [-0.3, -0.25) is 4.40 Å². The predicted octanol–water partition coefficient (Wildman–Crippen LogP) is 3.18. The van der Waals surface area contributed by atoms with E-state index in [9.17, 15) is 4.79 Å². The second kappa shape index (κ2) is 5.26. The Kier molecular flexibility index (Phi) is 3.22. The van der Waals surface area contributed by atoms with Crippen LogP contribution in [0.15, 0.2) is 30.3 Å². The molecule has 0 bridgehead atoms. The summed E-state index contributed by atoms with van der Waals surface area (Å²) in [6.45, 7) is 4.03. The van der Waals surface area contributed by atoms with Gasteiger partial charge in [0, 0.05) is 13.1 Å². The predicted molar refractivity (Wildman–Crippen MR) is 90.2 cm³/mol. The van der Waals surface area contributed by atoms with Crippen molar-refractivity contribution in [2.45, 2.75) is 19.8 Å². The Bertz CT molecular complexity index is 907. The fraction of sp³-hybridized carbons (Fsp3) is 0.333. The SMILES string of the molecule is COC(=O)c1c(C)cc(N2CCCC2)n2c1nc1ccccc12. The van der Waals surface area contributed by atoms with Crippen LogP contribution >= 0.6 is 0 Å². The van der Waals surface area contributed by atoms with Gasteiger partial charge < -0.3 is 9.64 Å². The highest BCUT2D eigenvalue weighted by molar-refractivity contribution is 6.00. The minimum Gasteiger partial charge on any atom is -0.465 e. The van der Waals surface area contributed by atoms with E-state index in [4.69, 9.17) is 9.72 Å². The van der Waals surface area contributed by atoms with Crippen LogP contribution in [0.5, 0.6) is 0 Å². The Hall–Kier alpha value is -2.56. The largest absolute Gasteiger partial charge is 0.465 e. The maximum atomic E-state index is 12.3. The normalized spacial score (nSPS) is 14.8. The maximum Gasteiger partial charge on any atom is 0.341 e. The zero-order chi connectivity index (χ0) is 16.0. The number of fused-ring (bicyclic) bond motifs is 3. The first-order chi connectivity index (χ1) is 11.2. The average molecular weight is 309 g/mol. The highest BCUT2D eigenvalue weighted by Gasteiger charge is 2.24. The molecule has 5 heteroatoms. The second-order valence-electron chi connectivity index (χ2n) is 6.01. The van der Waals surface area contributed by atoms with Crippen LogP contribution in [0.25, 0.3) is 16.7 Å². The number of methoxy groups -OCH3 is 1. The monoisotopic (exact) mass is 309 g/mol. The number of carbonyl (C=O) groups is 1. The van der Waals surface area contributed by atoms with E-state index in [1.807, 2.05) is 31.2 Å². The topological polar surface area (TPSA) is 46.8 Å². The lowest BCUT2D eigenvalue weighted by Crippen LogP contribution is -2.22. The molecule has 1 saturated heterocycles. The summed E-state index contributed by atoms with van der Waals surface area (Å²) in [6.07, 6.45) is 2.40. The van der Waals surface area contributed by atoms with Gasteiger partial charge in [0.1, 0.15) is 11.4 Å². The van der Waals surface area contributed by atoms with E-state index in [2.05, 4.69) is 15.4 Å². The molecule has 0 saturated carbocycles. The number of hydrogen-bond acceptors (Lipinski definition) is 4. The number of rotatable bonds is 2. The molecule has 0 aliphatic carbocycles. The third-order valence-corrected chi connectivity index (χ3v) is 4.57. The van der Waals surface area contributed by atoms with E-state index in [-0.39, 0.29) is 5.97 Å². The molecule has 0 spiro atoms. The summed E-state index contributed by atoms with van der Waals surface area (Å²) in [5.74, 6) is 0.770. The quantitative estimate of drug-likeness (QED) is 0.682. The van der Waals surface area contributed by atoms with Crippen LogP contribution in [0.4, 0.5) is 5.82 Å². The molecular weight excluding hydrogens is 290 g/mol. The van der Waals surface area contributed by atoms with Crippen molar-refractivity contribution in [2.24, 2.45) is 0 Å². The van der Waals surface area contributed by atoms with Crippen LogP contribution in [-0.2, 0) is 4.74 Å². The second-order valence-corrected chi connectivity index (χ2v) is 6.01. The van der Waals surface area contributed by atoms with E-state index in [1.54, 1.807) is 0 Å². The first-order valence-corrected chi connectivity index (χ1v) is 7.95. The van der Waals surface area contributed by atoms with Crippen molar-refractivity contribution in [2.75, 3.05) is 25.1 Å². The van der Waals surface area contributed by atoms with Crippen molar-refractivity contribution in [1.82, 2.24) is 9.38 Å². The first-order valence-electron chi connectivity index (χ1n) is 7.95. The number of imidazole rings is 1. The molecule has 1 aromatic carbocycles. The van der Waals surface area contributed by atoms with E-state index >= 15 is 0 Å². The van der Waals surface area contributed by atoms with Gasteiger partial charge in [-0.05, 0) is 43.5 Å². The van der Waals surface area contributed by atoms with Gasteiger partial charge in [0.2, 0.25) is 0 Å². The van der Waals surface area contributed by atoms with Crippen LogP contribution in [0.2, 0.25) is 0 Å². The minimum atomic E-state index is -0.337. The highest BCUT2D eigenvalue weighted by atomic mass is 16.5. The molecule has 0 amide bonds. The van der Waals surface area contributed by atoms with Gasteiger partial charge in [0.25, 0.3) is 0 Å². The fourth-order valence-corrected chi connectivity index (χ4v) is 3.47. The van der Waals surface area contributed by atoms with Crippen LogP contribution in [0.1, 0.15) is 28.8 Å². The average Bonchev–Trinajstić information content (AvgIpc) is 3.21. The number of esters is 1. The summed E-state index contributed by atoms with van der Waals surface area (Å²) < 4.78 is 7.08. The molecule has 0 atom stereocenters. The van der Waals surface area contributed by atoms with E-state index in [1.165, 1.54) is 20.0 Å². The van der Waals surface area contributed by atoms with Gasteiger partial charge in [-0.15, -0.1) is 0 Å². The van der Waals surface area contributed by atoms with E-state index in [0.29, 0.717) is 11.2 Å². The van der Waals surface area contributed by atoms with E-state index in [0.717, 1.165) is 35.5 Å². The summed E-state index contributed by atoms with van der Waals surface area (Å²) in [7, 11) is 1.41. The highest BCUT2D eigenvalue weighted by Crippen LogP contribution is 2.30. The Morgan fingerprint density at radius 1 is 1.22 bits per heavy atom. The molecule has 3 aromatic rings. The summed E-state index contributed by atoms with van der Waals surface area (Å²) in [5, 5.41) is 0. The van der Waals surface area contributed by atoms with Crippen molar-refractivity contribution >= 4 is 28.5 Å². The molecule has 1 aliphatic rings. The Balaban J connectivity index is 2.12. The molecular formula is C18H19N3O2. The van der Waals surface area contributed by atoms with Crippen LogP contribution in [-0.4, -0.2) is 35.6 Å². The number of anilines is 1. The minimum absolute atomic E-state index is 0.337. The molecule has 118 valence electrons. The van der Waals surface area contributed by atoms with Gasteiger partial charge >= 0.3 is 5.97 Å².